The minimum atomic E-state index is 0.122. The van der Waals surface area contributed by atoms with Crippen molar-refractivity contribution in [2.45, 2.75) is 45.2 Å². The van der Waals surface area contributed by atoms with Gasteiger partial charge in [-0.15, -0.1) is 0 Å². The molecule has 0 aliphatic carbocycles. The topological polar surface area (TPSA) is 20.3 Å². The zero-order chi connectivity index (χ0) is 9.84. The average Bonchev–Trinajstić information content (AvgIpc) is 2.04. The van der Waals surface area contributed by atoms with E-state index in [9.17, 15) is 4.79 Å². The van der Waals surface area contributed by atoms with E-state index < -0.39 is 0 Å². The van der Waals surface area contributed by atoms with E-state index >= 15 is 0 Å². The molecule has 1 aliphatic rings. The highest BCUT2D eigenvalue weighted by Gasteiger charge is 2.27. The first-order chi connectivity index (χ1) is 6.16. The number of carbonyl (C=O) groups is 1. The molecule has 2 atom stereocenters. The molecule has 1 amide bonds. The third kappa shape index (κ3) is 2.56. The largest absolute Gasteiger partial charge is 0.334 e. The fraction of sp³-hybridized carbons (Fsp3) is 0.700. The van der Waals surface area contributed by atoms with Gasteiger partial charge in [-0.2, -0.15) is 0 Å². The third-order valence-corrected chi connectivity index (χ3v) is 2.92. The van der Waals surface area contributed by atoms with Crippen LogP contribution in [-0.4, -0.2) is 22.9 Å². The predicted octanol–water partition coefficient (Wildman–Crippen LogP) is 2.68. The van der Waals surface area contributed by atoms with Crippen LogP contribution in [0.2, 0.25) is 0 Å². The number of hydrogen-bond donors (Lipinski definition) is 0. The minimum Gasteiger partial charge on any atom is -0.334 e. The Hall–Kier alpha value is -0.310. The first-order valence-corrected chi connectivity index (χ1v) is 5.67. The van der Waals surface area contributed by atoms with E-state index in [0.29, 0.717) is 12.1 Å². The van der Waals surface area contributed by atoms with Crippen LogP contribution < -0.4 is 0 Å². The van der Waals surface area contributed by atoms with Gasteiger partial charge in [0.15, 0.2) is 0 Å². The Morgan fingerprint density at radius 1 is 1.38 bits per heavy atom. The predicted molar refractivity (Wildman–Crippen MR) is 57.7 cm³/mol. The van der Waals surface area contributed by atoms with Gasteiger partial charge in [-0.1, -0.05) is 15.9 Å². The summed E-state index contributed by atoms with van der Waals surface area (Å²) in [6.45, 7) is 4.24. The molecule has 13 heavy (non-hydrogen) atoms. The zero-order valence-electron chi connectivity index (χ0n) is 8.16. The Labute approximate surface area is 88.1 Å². The maximum atomic E-state index is 11.6. The number of nitrogens with zero attached hydrogens (tertiary/aromatic N) is 1. The molecule has 2 nitrogen and oxygen atoms in total. The van der Waals surface area contributed by atoms with E-state index in [4.69, 9.17) is 0 Å². The Balaban J connectivity index is 2.68. The third-order valence-electron chi connectivity index (χ3n) is 2.65. The highest BCUT2D eigenvalue weighted by Crippen LogP contribution is 2.22. The minimum absolute atomic E-state index is 0.122. The molecule has 0 saturated carbocycles. The summed E-state index contributed by atoms with van der Waals surface area (Å²) in [6.07, 6.45) is 5.08. The van der Waals surface area contributed by atoms with E-state index in [-0.39, 0.29) is 5.91 Å². The first-order valence-electron chi connectivity index (χ1n) is 4.76. The van der Waals surface area contributed by atoms with E-state index in [1.807, 2.05) is 4.90 Å². The van der Waals surface area contributed by atoms with Gasteiger partial charge in [-0.25, -0.2) is 0 Å². The van der Waals surface area contributed by atoms with Crippen LogP contribution >= 0.6 is 15.9 Å². The fourth-order valence-electron chi connectivity index (χ4n) is 2.00. The summed E-state index contributed by atoms with van der Waals surface area (Å²) >= 11 is 3.13. The van der Waals surface area contributed by atoms with Gasteiger partial charge >= 0.3 is 0 Å². The molecule has 3 heteroatoms. The molecule has 1 aliphatic heterocycles. The van der Waals surface area contributed by atoms with Gasteiger partial charge in [-0.05, 0) is 38.1 Å². The van der Waals surface area contributed by atoms with Crippen LogP contribution in [0.25, 0.3) is 0 Å². The molecule has 1 saturated heterocycles. The molecule has 1 heterocycles. The normalized spacial score (nSPS) is 29.6. The number of carbonyl (C=O) groups excluding carboxylic acids is 1. The van der Waals surface area contributed by atoms with Crippen LogP contribution in [0.4, 0.5) is 0 Å². The Bertz CT molecular complexity index is 205. The summed E-state index contributed by atoms with van der Waals surface area (Å²) in [5.74, 6) is 0.122. The summed E-state index contributed by atoms with van der Waals surface area (Å²) in [6, 6.07) is 0.778. The van der Waals surface area contributed by atoms with Gasteiger partial charge < -0.3 is 4.90 Å². The van der Waals surface area contributed by atoms with Crippen LogP contribution in [0, 0.1) is 0 Å². The number of likely N-dealkylation sites (tertiary alicyclic amines) is 1. The maximum absolute atomic E-state index is 11.6. The van der Waals surface area contributed by atoms with Crippen LogP contribution in [0.1, 0.15) is 33.1 Å². The van der Waals surface area contributed by atoms with Crippen molar-refractivity contribution in [2.75, 3.05) is 0 Å². The van der Waals surface area contributed by atoms with Crippen molar-refractivity contribution < 1.29 is 4.79 Å². The van der Waals surface area contributed by atoms with Crippen molar-refractivity contribution in [3.63, 3.8) is 0 Å². The van der Waals surface area contributed by atoms with Gasteiger partial charge in [-0.3, -0.25) is 4.79 Å². The second-order valence-electron chi connectivity index (χ2n) is 3.67. The lowest BCUT2D eigenvalue weighted by atomic mass is 9.97. The molecule has 0 aromatic carbocycles. The summed E-state index contributed by atoms with van der Waals surface area (Å²) in [5.41, 5.74) is 0. The van der Waals surface area contributed by atoms with E-state index in [1.165, 1.54) is 6.42 Å². The standard InChI is InChI=1S/C10H16BrNO/c1-8-4-3-5-9(2)12(8)10(13)6-7-11/h6-9H,3-5H2,1-2H3/b7-6+. The van der Waals surface area contributed by atoms with Crippen molar-refractivity contribution in [1.82, 2.24) is 4.90 Å². The molecular weight excluding hydrogens is 230 g/mol. The lowest BCUT2D eigenvalue weighted by Crippen LogP contribution is -2.46. The van der Waals surface area contributed by atoms with Crippen molar-refractivity contribution in [3.05, 3.63) is 11.1 Å². The molecule has 0 N–H and O–H groups in total. The molecule has 0 bridgehead atoms. The second-order valence-corrected chi connectivity index (χ2v) is 4.20. The Morgan fingerprint density at radius 2 is 1.92 bits per heavy atom. The molecule has 0 aromatic heterocycles. The highest BCUT2D eigenvalue weighted by molar-refractivity contribution is 9.11. The number of hydrogen-bond acceptors (Lipinski definition) is 1. The average molecular weight is 246 g/mol. The fourth-order valence-corrected chi connectivity index (χ4v) is 2.22. The summed E-state index contributed by atoms with van der Waals surface area (Å²) in [7, 11) is 0. The van der Waals surface area contributed by atoms with Gasteiger partial charge in [0.1, 0.15) is 0 Å². The summed E-state index contributed by atoms with van der Waals surface area (Å²) in [5, 5.41) is 0. The van der Waals surface area contributed by atoms with Gasteiger partial charge in [0.25, 0.3) is 0 Å². The molecule has 0 spiro atoms. The molecule has 1 fully saturated rings. The van der Waals surface area contributed by atoms with Crippen LogP contribution in [0.5, 0.6) is 0 Å². The van der Waals surface area contributed by atoms with E-state index in [2.05, 4.69) is 29.8 Å². The zero-order valence-corrected chi connectivity index (χ0v) is 9.75. The smallest absolute Gasteiger partial charge is 0.247 e. The van der Waals surface area contributed by atoms with Crippen LogP contribution in [-0.2, 0) is 4.79 Å². The van der Waals surface area contributed by atoms with Crippen molar-refractivity contribution in [1.29, 1.82) is 0 Å². The lowest BCUT2D eigenvalue weighted by molar-refractivity contribution is -0.131. The molecular formula is C10H16BrNO. The summed E-state index contributed by atoms with van der Waals surface area (Å²) in [4.78, 5) is 15.2. The number of halogens is 1. The quantitative estimate of drug-likeness (QED) is 0.651. The van der Waals surface area contributed by atoms with Gasteiger partial charge in [0, 0.05) is 18.2 Å². The molecule has 2 unspecified atom stereocenters. The van der Waals surface area contributed by atoms with Gasteiger partial charge in [0.05, 0.1) is 0 Å². The van der Waals surface area contributed by atoms with E-state index in [0.717, 1.165) is 12.8 Å². The van der Waals surface area contributed by atoms with Crippen molar-refractivity contribution in [3.8, 4) is 0 Å². The van der Waals surface area contributed by atoms with Crippen LogP contribution in [0.15, 0.2) is 11.1 Å². The van der Waals surface area contributed by atoms with Crippen molar-refractivity contribution >= 4 is 21.8 Å². The molecule has 0 aromatic rings. The van der Waals surface area contributed by atoms with Crippen molar-refractivity contribution in [2.24, 2.45) is 0 Å². The molecule has 74 valence electrons. The summed E-state index contributed by atoms with van der Waals surface area (Å²) < 4.78 is 0. The number of amides is 1. The molecule has 1 rings (SSSR count). The Kier molecular flexibility index (Phi) is 3.97. The van der Waals surface area contributed by atoms with Crippen LogP contribution in [0.3, 0.4) is 0 Å². The number of piperidine rings is 1. The maximum Gasteiger partial charge on any atom is 0.247 e. The second kappa shape index (κ2) is 4.80. The first kappa shape index (κ1) is 10.8. The Morgan fingerprint density at radius 3 is 2.38 bits per heavy atom. The SMILES string of the molecule is CC1CCCC(C)N1C(=O)/C=C/Br. The highest BCUT2D eigenvalue weighted by atomic mass is 79.9. The monoisotopic (exact) mass is 245 g/mol. The molecule has 0 radical (unpaired) electrons. The van der Waals surface area contributed by atoms with Gasteiger partial charge in [0.2, 0.25) is 5.91 Å². The van der Waals surface area contributed by atoms with E-state index in [1.54, 1.807) is 11.1 Å². The number of rotatable bonds is 1. The lowest BCUT2D eigenvalue weighted by Gasteiger charge is -2.38.